The Bertz CT molecular complexity index is 495. The third-order valence-corrected chi connectivity index (χ3v) is 5.85. The fraction of sp³-hybridized carbons (Fsp3) is 0.750. The van der Waals surface area contributed by atoms with Crippen molar-refractivity contribution in [3.05, 3.63) is 11.6 Å². The molecule has 0 heterocycles. The van der Waals surface area contributed by atoms with E-state index in [4.69, 9.17) is 4.74 Å². The molecule has 1 unspecified atom stereocenters. The first kappa shape index (κ1) is 13.8. The van der Waals surface area contributed by atoms with Gasteiger partial charge in [0.1, 0.15) is 5.78 Å². The van der Waals surface area contributed by atoms with Gasteiger partial charge in [0.05, 0.1) is 31.0 Å². The van der Waals surface area contributed by atoms with Crippen LogP contribution in [-0.2, 0) is 14.3 Å². The molecule has 0 aromatic rings. The molecule has 4 atom stereocenters. The first-order valence-corrected chi connectivity index (χ1v) is 7.44. The van der Waals surface area contributed by atoms with Crippen molar-refractivity contribution in [1.82, 2.24) is 0 Å². The van der Waals surface area contributed by atoms with Crippen LogP contribution in [0.25, 0.3) is 0 Å². The average molecular weight is 278 g/mol. The maximum atomic E-state index is 12.7. The number of rotatable bonds is 2. The smallest absolute Gasteiger partial charge is 0.312 e. The lowest BCUT2D eigenvalue weighted by molar-refractivity contribution is -0.171. The molecule has 2 saturated carbocycles. The summed E-state index contributed by atoms with van der Waals surface area (Å²) in [5, 5.41) is 9.72. The molecule has 0 aromatic heterocycles. The Balaban J connectivity index is 2.13. The number of aliphatic hydroxyl groups excluding tert-OH is 1. The van der Waals surface area contributed by atoms with Gasteiger partial charge in [0.25, 0.3) is 0 Å². The fourth-order valence-corrected chi connectivity index (χ4v) is 4.87. The summed E-state index contributed by atoms with van der Waals surface area (Å²) in [5.41, 5.74) is 0.230. The molecule has 1 spiro atoms. The molecular formula is C16H22O4. The van der Waals surface area contributed by atoms with Crippen molar-refractivity contribution < 1.29 is 19.4 Å². The van der Waals surface area contributed by atoms with Gasteiger partial charge in [-0.1, -0.05) is 18.1 Å². The Labute approximate surface area is 119 Å². The van der Waals surface area contributed by atoms with Gasteiger partial charge in [-0.25, -0.2) is 0 Å². The summed E-state index contributed by atoms with van der Waals surface area (Å²) in [7, 11) is 1.38. The van der Waals surface area contributed by atoms with Crippen LogP contribution in [0.5, 0.6) is 0 Å². The summed E-state index contributed by atoms with van der Waals surface area (Å²) in [4.78, 5) is 24.9. The van der Waals surface area contributed by atoms with Gasteiger partial charge in [-0.15, -0.1) is 0 Å². The van der Waals surface area contributed by atoms with Gasteiger partial charge in [-0.05, 0) is 32.6 Å². The number of carbonyl (C=O) groups excluding carboxylic acids is 2. The van der Waals surface area contributed by atoms with Gasteiger partial charge in [0.2, 0.25) is 0 Å². The first-order chi connectivity index (χ1) is 9.49. The van der Waals surface area contributed by atoms with Crippen LogP contribution in [-0.4, -0.2) is 30.6 Å². The molecule has 4 aliphatic rings. The molecule has 4 heteroatoms. The third kappa shape index (κ3) is 1.51. The van der Waals surface area contributed by atoms with E-state index in [1.807, 2.05) is 13.0 Å². The fourth-order valence-electron chi connectivity index (χ4n) is 4.87. The van der Waals surface area contributed by atoms with E-state index in [0.29, 0.717) is 6.42 Å². The molecule has 0 saturated heterocycles. The van der Waals surface area contributed by atoms with Crippen LogP contribution in [0, 0.1) is 22.7 Å². The molecule has 2 fully saturated rings. The van der Waals surface area contributed by atoms with Gasteiger partial charge in [0.15, 0.2) is 0 Å². The highest BCUT2D eigenvalue weighted by atomic mass is 16.5. The number of Topliss-reactive ketones (excluding diaryl/α,β-unsaturated/α-hetero) is 1. The number of aliphatic hydroxyl groups is 1. The molecule has 1 N–H and O–H groups in total. The number of ketones is 1. The quantitative estimate of drug-likeness (QED) is 0.618. The Morgan fingerprint density at radius 1 is 1.50 bits per heavy atom. The molecule has 0 radical (unpaired) electrons. The molecular weight excluding hydrogens is 256 g/mol. The minimum absolute atomic E-state index is 0.0253. The minimum Gasteiger partial charge on any atom is -0.469 e. The number of allylic oxidation sites excluding steroid dienone is 2. The van der Waals surface area contributed by atoms with E-state index in [2.05, 4.69) is 0 Å². The highest BCUT2D eigenvalue weighted by Crippen LogP contribution is 2.63. The van der Waals surface area contributed by atoms with Crippen molar-refractivity contribution in [3.8, 4) is 0 Å². The summed E-state index contributed by atoms with van der Waals surface area (Å²) in [6, 6.07) is 0. The maximum absolute atomic E-state index is 12.7. The minimum atomic E-state index is -0.766. The molecule has 4 aliphatic carbocycles. The Kier molecular flexibility index (Phi) is 3.05. The zero-order valence-corrected chi connectivity index (χ0v) is 12.1. The zero-order chi connectivity index (χ0) is 14.5. The maximum Gasteiger partial charge on any atom is 0.312 e. The summed E-state index contributed by atoms with van der Waals surface area (Å²) >= 11 is 0. The molecule has 0 aliphatic heterocycles. The predicted octanol–water partition coefficient (Wildman–Crippen LogP) is 1.86. The number of hydrogen-bond acceptors (Lipinski definition) is 4. The highest BCUT2D eigenvalue weighted by molar-refractivity contribution is 5.96. The van der Waals surface area contributed by atoms with Crippen molar-refractivity contribution in [2.45, 2.75) is 39.0 Å². The molecule has 2 bridgehead atoms. The number of hydrogen-bond donors (Lipinski definition) is 1. The van der Waals surface area contributed by atoms with Crippen LogP contribution < -0.4 is 0 Å². The van der Waals surface area contributed by atoms with Crippen LogP contribution >= 0.6 is 0 Å². The van der Waals surface area contributed by atoms with Crippen LogP contribution in [0.2, 0.25) is 0 Å². The summed E-state index contributed by atoms with van der Waals surface area (Å²) in [6.07, 6.45) is 6.76. The van der Waals surface area contributed by atoms with Crippen molar-refractivity contribution in [2.24, 2.45) is 22.7 Å². The van der Waals surface area contributed by atoms with E-state index in [1.54, 1.807) is 0 Å². The summed E-state index contributed by atoms with van der Waals surface area (Å²) in [6.45, 7) is 1.74. The molecule has 4 nitrogen and oxygen atoms in total. The van der Waals surface area contributed by atoms with E-state index in [1.165, 1.54) is 12.7 Å². The second-order valence-corrected chi connectivity index (χ2v) is 6.76. The van der Waals surface area contributed by atoms with Crippen LogP contribution in [0.1, 0.15) is 39.0 Å². The van der Waals surface area contributed by atoms with E-state index in [0.717, 1.165) is 25.7 Å². The van der Waals surface area contributed by atoms with Gasteiger partial charge < -0.3 is 9.84 Å². The van der Waals surface area contributed by atoms with Crippen LogP contribution in [0.15, 0.2) is 11.6 Å². The molecule has 20 heavy (non-hydrogen) atoms. The molecule has 0 amide bonds. The lowest BCUT2D eigenvalue weighted by atomic mass is 9.44. The van der Waals surface area contributed by atoms with Gasteiger partial charge in [-0.3, -0.25) is 9.59 Å². The Morgan fingerprint density at radius 2 is 2.25 bits per heavy atom. The highest BCUT2D eigenvalue weighted by Gasteiger charge is 2.64. The van der Waals surface area contributed by atoms with E-state index >= 15 is 0 Å². The predicted molar refractivity (Wildman–Crippen MR) is 72.8 cm³/mol. The largest absolute Gasteiger partial charge is 0.469 e. The Hall–Kier alpha value is -1.16. The van der Waals surface area contributed by atoms with Crippen molar-refractivity contribution in [2.75, 3.05) is 13.7 Å². The molecule has 4 rings (SSSR count). The first-order valence-electron chi connectivity index (χ1n) is 7.44. The summed E-state index contributed by atoms with van der Waals surface area (Å²) in [5.74, 6) is -1.03. The number of carbonyl (C=O) groups is 2. The van der Waals surface area contributed by atoms with Crippen molar-refractivity contribution in [3.63, 3.8) is 0 Å². The SMILES string of the molecule is COC(=O)[C@]1(C)C[C@]23CCCCC2=C[C@H]1C(=O)C3CO. The molecule has 0 aromatic carbocycles. The van der Waals surface area contributed by atoms with Crippen LogP contribution in [0.4, 0.5) is 0 Å². The lowest BCUT2D eigenvalue weighted by Crippen LogP contribution is -2.60. The normalized spacial score (nSPS) is 43.0. The third-order valence-electron chi connectivity index (χ3n) is 5.85. The number of ether oxygens (including phenoxy) is 1. The van der Waals surface area contributed by atoms with E-state index in [-0.39, 0.29) is 29.7 Å². The number of esters is 1. The second kappa shape index (κ2) is 4.42. The molecule has 110 valence electrons. The van der Waals surface area contributed by atoms with Crippen molar-refractivity contribution in [1.29, 1.82) is 0 Å². The number of fused-ring (bicyclic) bond motifs is 2. The summed E-state index contributed by atoms with van der Waals surface area (Å²) < 4.78 is 4.96. The monoisotopic (exact) mass is 278 g/mol. The van der Waals surface area contributed by atoms with Crippen LogP contribution in [0.3, 0.4) is 0 Å². The van der Waals surface area contributed by atoms with Gasteiger partial charge >= 0.3 is 5.97 Å². The van der Waals surface area contributed by atoms with Gasteiger partial charge in [0, 0.05) is 5.41 Å². The number of methoxy groups -OCH3 is 1. The standard InChI is InChI=1S/C16H22O4/c1-15(14(19)20-2)9-16-6-4-3-5-10(16)7-11(15)13(18)12(16)8-17/h7,11-12,17H,3-6,8-9H2,1-2H3/t11-,12?,15+,16+/m0/s1. The average Bonchev–Trinajstić information content (AvgIpc) is 2.45. The Morgan fingerprint density at radius 3 is 2.90 bits per heavy atom. The van der Waals surface area contributed by atoms with E-state index in [9.17, 15) is 14.7 Å². The van der Waals surface area contributed by atoms with E-state index < -0.39 is 11.3 Å². The van der Waals surface area contributed by atoms with Gasteiger partial charge in [-0.2, -0.15) is 0 Å². The lowest BCUT2D eigenvalue weighted by Gasteiger charge is -2.58. The topological polar surface area (TPSA) is 63.6 Å². The zero-order valence-electron chi connectivity index (χ0n) is 12.1. The van der Waals surface area contributed by atoms with Crippen molar-refractivity contribution >= 4 is 11.8 Å². The second-order valence-electron chi connectivity index (χ2n) is 6.76.